The summed E-state index contributed by atoms with van der Waals surface area (Å²) in [6.07, 6.45) is -1.77. The normalized spacial score (nSPS) is 13.8. The van der Waals surface area contributed by atoms with Crippen LogP contribution in [0.1, 0.15) is 38.4 Å². The number of hydrogen-bond acceptors (Lipinski definition) is 2. The Bertz CT molecular complexity index is 389. The standard InChI is InChI=1S/C14H21F3N2/c1-4-18-11(8-10(2)3)9-13-12(14(15,16)17)6-5-7-19-13/h5-7,10-11,18H,4,8-9H2,1-3H3. The molecule has 0 aliphatic heterocycles. The van der Waals surface area contributed by atoms with Gasteiger partial charge in [-0.2, -0.15) is 13.2 Å². The summed E-state index contributed by atoms with van der Waals surface area (Å²) in [5.74, 6) is 0.432. The van der Waals surface area contributed by atoms with E-state index in [-0.39, 0.29) is 11.7 Å². The van der Waals surface area contributed by atoms with E-state index in [9.17, 15) is 13.2 Å². The minimum absolute atomic E-state index is 0.0287. The quantitative estimate of drug-likeness (QED) is 0.856. The fourth-order valence-electron chi connectivity index (χ4n) is 2.19. The summed E-state index contributed by atoms with van der Waals surface area (Å²) in [5.41, 5.74) is -0.497. The zero-order chi connectivity index (χ0) is 14.5. The molecule has 0 aliphatic carbocycles. The van der Waals surface area contributed by atoms with Gasteiger partial charge in [0, 0.05) is 18.7 Å². The lowest BCUT2D eigenvalue weighted by atomic mass is 9.97. The Balaban J connectivity index is 2.90. The molecule has 0 saturated heterocycles. The number of likely N-dealkylation sites (N-methyl/N-ethyl adjacent to an activating group) is 1. The van der Waals surface area contributed by atoms with E-state index in [0.29, 0.717) is 12.3 Å². The van der Waals surface area contributed by atoms with Crippen LogP contribution in [-0.4, -0.2) is 17.6 Å². The molecule has 5 heteroatoms. The lowest BCUT2D eigenvalue weighted by Gasteiger charge is -2.21. The minimum atomic E-state index is -4.34. The van der Waals surface area contributed by atoms with Crippen LogP contribution in [0.3, 0.4) is 0 Å². The Morgan fingerprint density at radius 3 is 2.53 bits per heavy atom. The van der Waals surface area contributed by atoms with Gasteiger partial charge in [-0.3, -0.25) is 4.98 Å². The van der Waals surface area contributed by atoms with Gasteiger partial charge < -0.3 is 5.32 Å². The fraction of sp³-hybridized carbons (Fsp3) is 0.643. The van der Waals surface area contributed by atoms with E-state index in [4.69, 9.17) is 0 Å². The first-order valence-corrected chi connectivity index (χ1v) is 6.59. The van der Waals surface area contributed by atoms with Gasteiger partial charge in [0.2, 0.25) is 0 Å². The third kappa shape index (κ3) is 5.19. The highest BCUT2D eigenvalue weighted by atomic mass is 19.4. The molecule has 0 saturated carbocycles. The van der Waals surface area contributed by atoms with Gasteiger partial charge >= 0.3 is 6.18 Å². The van der Waals surface area contributed by atoms with Crippen molar-refractivity contribution < 1.29 is 13.2 Å². The highest BCUT2D eigenvalue weighted by molar-refractivity contribution is 5.23. The molecule has 0 fully saturated rings. The molecule has 19 heavy (non-hydrogen) atoms. The van der Waals surface area contributed by atoms with Gasteiger partial charge in [0.1, 0.15) is 0 Å². The van der Waals surface area contributed by atoms with Crippen molar-refractivity contribution in [3.8, 4) is 0 Å². The Morgan fingerprint density at radius 1 is 1.32 bits per heavy atom. The number of hydrogen-bond donors (Lipinski definition) is 1. The fourth-order valence-corrected chi connectivity index (χ4v) is 2.19. The molecule has 0 aromatic carbocycles. The van der Waals surface area contributed by atoms with Crippen LogP contribution >= 0.6 is 0 Å². The van der Waals surface area contributed by atoms with Crippen molar-refractivity contribution in [3.63, 3.8) is 0 Å². The van der Waals surface area contributed by atoms with Crippen LogP contribution in [0.5, 0.6) is 0 Å². The number of alkyl halides is 3. The van der Waals surface area contributed by atoms with E-state index in [1.54, 1.807) is 0 Å². The number of aromatic nitrogens is 1. The molecule has 0 bridgehead atoms. The predicted octanol–water partition coefficient (Wildman–Crippen LogP) is 3.67. The van der Waals surface area contributed by atoms with Crippen LogP contribution in [0.4, 0.5) is 13.2 Å². The molecule has 2 nitrogen and oxygen atoms in total. The first-order valence-electron chi connectivity index (χ1n) is 6.59. The average Bonchev–Trinajstić information content (AvgIpc) is 2.27. The summed E-state index contributed by atoms with van der Waals surface area (Å²) >= 11 is 0. The topological polar surface area (TPSA) is 24.9 Å². The smallest absolute Gasteiger partial charge is 0.314 e. The van der Waals surface area contributed by atoms with Gasteiger partial charge in [-0.15, -0.1) is 0 Å². The number of rotatable bonds is 6. The molecule has 1 aromatic heterocycles. The molecule has 1 heterocycles. The zero-order valence-corrected chi connectivity index (χ0v) is 11.6. The van der Waals surface area contributed by atoms with Crippen LogP contribution in [0.15, 0.2) is 18.3 Å². The Kier molecular flexibility index (Phi) is 5.79. The summed E-state index contributed by atoms with van der Waals surface area (Å²) in [4.78, 5) is 3.91. The van der Waals surface area contributed by atoms with Gasteiger partial charge in [0.25, 0.3) is 0 Å². The first-order chi connectivity index (χ1) is 8.84. The third-order valence-corrected chi connectivity index (χ3v) is 2.88. The van der Waals surface area contributed by atoms with Crippen LogP contribution in [-0.2, 0) is 12.6 Å². The maximum atomic E-state index is 12.9. The zero-order valence-electron chi connectivity index (χ0n) is 11.6. The predicted molar refractivity (Wildman–Crippen MR) is 69.9 cm³/mol. The first kappa shape index (κ1) is 16.0. The summed E-state index contributed by atoms with van der Waals surface area (Å²) in [7, 11) is 0. The van der Waals surface area contributed by atoms with Gasteiger partial charge in [-0.05, 0) is 31.0 Å². The molecule has 0 spiro atoms. The van der Waals surface area contributed by atoms with Crippen molar-refractivity contribution in [2.45, 2.75) is 45.8 Å². The monoisotopic (exact) mass is 274 g/mol. The molecule has 1 aromatic rings. The van der Waals surface area contributed by atoms with Gasteiger partial charge in [0.05, 0.1) is 11.3 Å². The van der Waals surface area contributed by atoms with E-state index in [0.717, 1.165) is 19.0 Å². The van der Waals surface area contributed by atoms with Gasteiger partial charge in [-0.25, -0.2) is 0 Å². The molecular weight excluding hydrogens is 253 g/mol. The number of nitrogens with one attached hydrogen (secondary N) is 1. The van der Waals surface area contributed by atoms with Crippen LogP contribution in [0, 0.1) is 5.92 Å². The van der Waals surface area contributed by atoms with Crippen molar-refractivity contribution in [1.82, 2.24) is 10.3 Å². The third-order valence-electron chi connectivity index (χ3n) is 2.88. The molecule has 1 N–H and O–H groups in total. The summed E-state index contributed by atoms with van der Waals surface area (Å²) in [6, 6.07) is 2.46. The number of pyridine rings is 1. The second kappa shape index (κ2) is 6.89. The minimum Gasteiger partial charge on any atom is -0.314 e. The molecule has 108 valence electrons. The number of nitrogens with zero attached hydrogens (tertiary/aromatic N) is 1. The summed E-state index contributed by atoms with van der Waals surface area (Å²) < 4.78 is 38.7. The van der Waals surface area contributed by atoms with Crippen molar-refractivity contribution >= 4 is 0 Å². The molecule has 1 atom stereocenters. The average molecular weight is 274 g/mol. The maximum absolute atomic E-state index is 12.9. The van der Waals surface area contributed by atoms with Crippen molar-refractivity contribution in [2.75, 3.05) is 6.54 Å². The Morgan fingerprint density at radius 2 is 2.00 bits per heavy atom. The summed E-state index contributed by atoms with van der Waals surface area (Å²) in [6.45, 7) is 6.82. The molecular formula is C14H21F3N2. The highest BCUT2D eigenvalue weighted by Crippen LogP contribution is 2.31. The highest BCUT2D eigenvalue weighted by Gasteiger charge is 2.34. The van der Waals surface area contributed by atoms with Crippen LogP contribution in [0.25, 0.3) is 0 Å². The second-order valence-corrected chi connectivity index (χ2v) is 5.08. The molecule has 0 radical (unpaired) electrons. The summed E-state index contributed by atoms with van der Waals surface area (Å²) in [5, 5.41) is 3.23. The largest absolute Gasteiger partial charge is 0.418 e. The van der Waals surface area contributed by atoms with Crippen LogP contribution < -0.4 is 5.32 Å². The van der Waals surface area contributed by atoms with E-state index in [1.165, 1.54) is 12.3 Å². The van der Waals surface area contributed by atoms with E-state index >= 15 is 0 Å². The SMILES string of the molecule is CCNC(Cc1ncccc1C(F)(F)F)CC(C)C. The Labute approximate surface area is 112 Å². The van der Waals surface area contributed by atoms with Crippen LogP contribution in [0.2, 0.25) is 0 Å². The van der Waals surface area contributed by atoms with Crippen molar-refractivity contribution in [2.24, 2.45) is 5.92 Å². The lowest BCUT2D eigenvalue weighted by molar-refractivity contribution is -0.138. The van der Waals surface area contributed by atoms with Gasteiger partial charge in [-0.1, -0.05) is 20.8 Å². The van der Waals surface area contributed by atoms with Crippen molar-refractivity contribution in [1.29, 1.82) is 0 Å². The molecule has 1 rings (SSSR count). The van der Waals surface area contributed by atoms with E-state index in [1.807, 2.05) is 6.92 Å². The molecule has 0 amide bonds. The molecule has 1 unspecified atom stereocenters. The maximum Gasteiger partial charge on any atom is 0.418 e. The Hall–Kier alpha value is -1.10. The van der Waals surface area contributed by atoms with E-state index in [2.05, 4.69) is 24.1 Å². The second-order valence-electron chi connectivity index (χ2n) is 5.08. The van der Waals surface area contributed by atoms with E-state index < -0.39 is 11.7 Å². The molecule has 0 aliphatic rings. The van der Waals surface area contributed by atoms with Crippen molar-refractivity contribution in [3.05, 3.63) is 29.6 Å². The lowest BCUT2D eigenvalue weighted by Crippen LogP contribution is -2.33. The number of halogens is 3. The van der Waals surface area contributed by atoms with Gasteiger partial charge in [0.15, 0.2) is 0 Å².